The molecule has 0 spiro atoms. The highest BCUT2D eigenvalue weighted by atomic mass is 79.9. The molecule has 0 heterocycles. The molecule has 0 saturated heterocycles. The van der Waals surface area contributed by atoms with Crippen molar-refractivity contribution in [2.45, 2.75) is 6.61 Å². The summed E-state index contributed by atoms with van der Waals surface area (Å²) in [6.45, 7) is 0.325. The second-order valence-corrected chi connectivity index (χ2v) is 4.78. The first-order chi connectivity index (χ1) is 8.15. The maximum atomic E-state index is 13.2. The van der Waals surface area contributed by atoms with Crippen LogP contribution >= 0.6 is 27.5 Å². The summed E-state index contributed by atoms with van der Waals surface area (Å²) in [6.07, 6.45) is 0. The first kappa shape index (κ1) is 12.4. The van der Waals surface area contributed by atoms with Gasteiger partial charge >= 0.3 is 0 Å². The molecule has 0 amide bonds. The average molecular weight is 316 g/mol. The third kappa shape index (κ3) is 3.45. The van der Waals surface area contributed by atoms with Crippen LogP contribution in [0.4, 0.5) is 4.39 Å². The predicted molar refractivity (Wildman–Crippen MR) is 69.9 cm³/mol. The molecule has 0 fully saturated rings. The fourth-order valence-corrected chi connectivity index (χ4v) is 1.70. The van der Waals surface area contributed by atoms with Crippen molar-refractivity contribution in [2.24, 2.45) is 0 Å². The van der Waals surface area contributed by atoms with Gasteiger partial charge in [-0.05, 0) is 57.9 Å². The first-order valence-electron chi connectivity index (χ1n) is 4.97. The summed E-state index contributed by atoms with van der Waals surface area (Å²) < 4.78 is 19.2. The van der Waals surface area contributed by atoms with Crippen molar-refractivity contribution < 1.29 is 9.13 Å². The second kappa shape index (κ2) is 5.52. The van der Waals surface area contributed by atoms with Crippen LogP contribution in [0.1, 0.15) is 5.56 Å². The molecule has 0 unspecified atom stereocenters. The molecule has 0 N–H and O–H groups in total. The van der Waals surface area contributed by atoms with Gasteiger partial charge in [0.25, 0.3) is 0 Å². The van der Waals surface area contributed by atoms with E-state index in [2.05, 4.69) is 15.9 Å². The number of benzene rings is 2. The Bertz CT molecular complexity index is 513. The smallest absolute Gasteiger partial charge is 0.137 e. The Morgan fingerprint density at radius 1 is 1.12 bits per heavy atom. The van der Waals surface area contributed by atoms with Gasteiger partial charge < -0.3 is 4.74 Å². The van der Waals surface area contributed by atoms with E-state index in [0.717, 1.165) is 5.56 Å². The zero-order chi connectivity index (χ0) is 12.3. The molecule has 0 aromatic heterocycles. The molecule has 0 radical (unpaired) electrons. The van der Waals surface area contributed by atoms with Crippen molar-refractivity contribution in [3.8, 4) is 5.75 Å². The Labute approximate surface area is 112 Å². The Balaban J connectivity index is 2.02. The van der Waals surface area contributed by atoms with Gasteiger partial charge in [-0.15, -0.1) is 0 Å². The molecule has 0 aliphatic heterocycles. The third-order valence-electron chi connectivity index (χ3n) is 2.20. The molecule has 2 rings (SSSR count). The molecule has 1 nitrogen and oxygen atoms in total. The van der Waals surface area contributed by atoms with Gasteiger partial charge in [0, 0.05) is 5.02 Å². The lowest BCUT2D eigenvalue weighted by Crippen LogP contribution is -1.96. The number of rotatable bonds is 3. The predicted octanol–water partition coefficient (Wildman–Crippen LogP) is 4.82. The van der Waals surface area contributed by atoms with E-state index in [1.54, 1.807) is 30.3 Å². The fraction of sp³-hybridized carbons (Fsp3) is 0.0769. The zero-order valence-corrected chi connectivity index (χ0v) is 11.1. The highest BCUT2D eigenvalue weighted by Gasteiger charge is 2.01. The summed E-state index contributed by atoms with van der Waals surface area (Å²) in [5, 5.41) is 0.659. The van der Waals surface area contributed by atoms with Gasteiger partial charge in [0.2, 0.25) is 0 Å². The van der Waals surface area contributed by atoms with Crippen molar-refractivity contribution in [1.29, 1.82) is 0 Å². The van der Waals surface area contributed by atoms with E-state index >= 15 is 0 Å². The van der Waals surface area contributed by atoms with E-state index in [1.165, 1.54) is 6.07 Å². The number of ether oxygens (including phenoxy) is 1. The molecule has 17 heavy (non-hydrogen) atoms. The SMILES string of the molecule is Fc1cc(COc2ccc(Cl)cc2)ccc1Br. The molecule has 0 saturated carbocycles. The summed E-state index contributed by atoms with van der Waals surface area (Å²) >= 11 is 8.86. The van der Waals surface area contributed by atoms with Crippen LogP contribution < -0.4 is 4.74 Å². The largest absolute Gasteiger partial charge is 0.489 e. The van der Waals surface area contributed by atoms with Gasteiger partial charge in [0.1, 0.15) is 18.2 Å². The van der Waals surface area contributed by atoms with Crippen LogP contribution in [-0.4, -0.2) is 0 Å². The monoisotopic (exact) mass is 314 g/mol. The van der Waals surface area contributed by atoms with Crippen LogP contribution in [-0.2, 0) is 6.61 Å². The molecule has 2 aromatic carbocycles. The number of hydrogen-bond donors (Lipinski definition) is 0. The van der Waals surface area contributed by atoms with Crippen LogP contribution in [0.2, 0.25) is 5.02 Å². The fourth-order valence-electron chi connectivity index (χ4n) is 1.33. The minimum absolute atomic E-state index is 0.290. The van der Waals surface area contributed by atoms with E-state index in [-0.39, 0.29) is 5.82 Å². The second-order valence-electron chi connectivity index (χ2n) is 3.49. The summed E-state index contributed by atoms with van der Waals surface area (Å²) in [7, 11) is 0. The molecule has 0 aliphatic rings. The van der Waals surface area contributed by atoms with Crippen LogP contribution in [0.25, 0.3) is 0 Å². The van der Waals surface area contributed by atoms with Gasteiger partial charge in [-0.1, -0.05) is 17.7 Å². The van der Waals surface area contributed by atoms with Gasteiger partial charge in [0.05, 0.1) is 4.47 Å². The normalized spacial score (nSPS) is 10.3. The Hall–Kier alpha value is -1.06. The van der Waals surface area contributed by atoms with Crippen molar-refractivity contribution in [3.63, 3.8) is 0 Å². The van der Waals surface area contributed by atoms with Gasteiger partial charge in [-0.2, -0.15) is 0 Å². The van der Waals surface area contributed by atoms with E-state index in [1.807, 2.05) is 6.07 Å². The molecule has 0 aliphatic carbocycles. The summed E-state index contributed by atoms with van der Waals surface area (Å²) in [5.41, 5.74) is 0.778. The van der Waals surface area contributed by atoms with Crippen molar-refractivity contribution in [1.82, 2.24) is 0 Å². The average Bonchev–Trinajstić information content (AvgIpc) is 2.33. The third-order valence-corrected chi connectivity index (χ3v) is 3.10. The highest BCUT2D eigenvalue weighted by Crippen LogP contribution is 2.19. The van der Waals surface area contributed by atoms with Crippen molar-refractivity contribution in [2.75, 3.05) is 0 Å². The lowest BCUT2D eigenvalue weighted by molar-refractivity contribution is 0.305. The van der Waals surface area contributed by atoms with Crippen LogP contribution in [0.15, 0.2) is 46.9 Å². The first-order valence-corrected chi connectivity index (χ1v) is 6.14. The van der Waals surface area contributed by atoms with E-state index < -0.39 is 0 Å². The van der Waals surface area contributed by atoms with E-state index in [0.29, 0.717) is 21.9 Å². The van der Waals surface area contributed by atoms with Crippen LogP contribution in [0.5, 0.6) is 5.75 Å². The minimum atomic E-state index is -0.290. The quantitative estimate of drug-likeness (QED) is 0.789. The maximum Gasteiger partial charge on any atom is 0.137 e. The lowest BCUT2D eigenvalue weighted by Gasteiger charge is -2.06. The number of hydrogen-bond acceptors (Lipinski definition) is 1. The standard InChI is InChI=1S/C13H9BrClFO/c14-12-6-1-9(7-13(12)16)8-17-11-4-2-10(15)3-5-11/h1-7H,8H2. The van der Waals surface area contributed by atoms with E-state index in [4.69, 9.17) is 16.3 Å². The molecule has 0 bridgehead atoms. The molecule has 4 heteroatoms. The Morgan fingerprint density at radius 3 is 2.47 bits per heavy atom. The summed E-state index contributed by atoms with van der Waals surface area (Å²) in [6, 6.07) is 12.0. The highest BCUT2D eigenvalue weighted by molar-refractivity contribution is 9.10. The Kier molecular flexibility index (Phi) is 4.02. The lowest BCUT2D eigenvalue weighted by atomic mass is 10.2. The van der Waals surface area contributed by atoms with E-state index in [9.17, 15) is 4.39 Å². The van der Waals surface area contributed by atoms with Gasteiger partial charge in [-0.3, -0.25) is 0 Å². The minimum Gasteiger partial charge on any atom is -0.489 e. The van der Waals surface area contributed by atoms with Crippen molar-refractivity contribution >= 4 is 27.5 Å². The van der Waals surface area contributed by atoms with Crippen molar-refractivity contribution in [3.05, 3.63) is 63.3 Å². The maximum absolute atomic E-state index is 13.2. The van der Waals surface area contributed by atoms with Gasteiger partial charge in [0.15, 0.2) is 0 Å². The van der Waals surface area contributed by atoms with Gasteiger partial charge in [-0.25, -0.2) is 4.39 Å². The summed E-state index contributed by atoms with van der Waals surface area (Å²) in [4.78, 5) is 0. The summed E-state index contributed by atoms with van der Waals surface area (Å²) in [5.74, 6) is 0.417. The Morgan fingerprint density at radius 2 is 1.82 bits per heavy atom. The molecular weight excluding hydrogens is 306 g/mol. The molecular formula is C13H9BrClFO. The van der Waals surface area contributed by atoms with Crippen LogP contribution in [0, 0.1) is 5.82 Å². The molecule has 0 atom stereocenters. The van der Waals surface area contributed by atoms with Crippen LogP contribution in [0.3, 0.4) is 0 Å². The molecule has 88 valence electrons. The zero-order valence-electron chi connectivity index (χ0n) is 8.79. The topological polar surface area (TPSA) is 9.23 Å². The number of halogens is 3. The molecule has 2 aromatic rings.